The van der Waals surface area contributed by atoms with Crippen molar-refractivity contribution < 1.29 is 9.53 Å². The third-order valence-corrected chi connectivity index (χ3v) is 3.79. The minimum absolute atomic E-state index is 0.0768. The highest BCUT2D eigenvalue weighted by Gasteiger charge is 2.52. The maximum atomic E-state index is 11.1. The van der Waals surface area contributed by atoms with Crippen LogP contribution in [0.2, 0.25) is 0 Å². The van der Waals surface area contributed by atoms with Gasteiger partial charge in [0.1, 0.15) is 0 Å². The number of hydrogen-bond donors (Lipinski definition) is 0. The van der Waals surface area contributed by atoms with Gasteiger partial charge in [-0.05, 0) is 5.56 Å². The summed E-state index contributed by atoms with van der Waals surface area (Å²) in [6.45, 7) is 0.947. The lowest BCUT2D eigenvalue weighted by atomic mass is 9.83. The first kappa shape index (κ1) is 11.9. The molecule has 1 atom stereocenters. The van der Waals surface area contributed by atoms with Gasteiger partial charge in [-0.1, -0.05) is 53.5 Å². The van der Waals surface area contributed by atoms with Crippen molar-refractivity contribution >= 4 is 29.0 Å². The summed E-state index contributed by atoms with van der Waals surface area (Å²) in [5.74, 6) is -0.184. The van der Waals surface area contributed by atoms with Crippen LogP contribution in [0.5, 0.6) is 0 Å². The molecule has 0 bridgehead atoms. The predicted octanol–water partition coefficient (Wildman–Crippen LogP) is 2.97. The molecule has 0 N–H and O–H groups in total. The van der Waals surface area contributed by atoms with Crippen molar-refractivity contribution in [2.75, 3.05) is 6.61 Å². The summed E-state index contributed by atoms with van der Waals surface area (Å²) in [4.78, 5) is 11.1. The van der Waals surface area contributed by atoms with Crippen molar-refractivity contribution in [3.63, 3.8) is 0 Å². The third-order valence-electron chi connectivity index (χ3n) is 2.75. The average molecular weight is 259 g/mol. The van der Waals surface area contributed by atoms with Crippen LogP contribution in [-0.4, -0.2) is 16.7 Å². The molecule has 1 saturated carbocycles. The van der Waals surface area contributed by atoms with Crippen LogP contribution in [0, 0.1) is 5.92 Å². The van der Waals surface area contributed by atoms with Gasteiger partial charge < -0.3 is 4.74 Å². The highest BCUT2D eigenvalue weighted by Crippen LogP contribution is 2.44. The lowest BCUT2D eigenvalue weighted by Gasteiger charge is -2.37. The highest BCUT2D eigenvalue weighted by molar-refractivity contribution is 6.60. The highest BCUT2D eigenvalue weighted by atomic mass is 35.5. The number of hydrogen-bond acceptors (Lipinski definition) is 2. The molecule has 0 saturated heterocycles. The maximum absolute atomic E-state index is 11.1. The Hall–Kier alpha value is -0.570. The molecule has 0 radical (unpaired) electrons. The zero-order valence-electron chi connectivity index (χ0n) is 8.66. The van der Waals surface area contributed by atoms with Crippen LogP contribution in [0.15, 0.2) is 30.3 Å². The van der Waals surface area contributed by atoms with Crippen molar-refractivity contribution in [1.29, 1.82) is 0 Å². The fraction of sp³-hybridized carbons (Fsp3) is 0.417. The quantitative estimate of drug-likeness (QED) is 0.777. The molecule has 86 valence electrons. The molecule has 0 aromatic heterocycles. The molecule has 0 aliphatic heterocycles. The summed E-state index contributed by atoms with van der Waals surface area (Å²) >= 11 is 11.7. The first-order chi connectivity index (χ1) is 7.60. The average Bonchev–Trinajstić information content (AvgIpc) is 2.29. The smallest absolute Gasteiger partial charge is 0.181 e. The van der Waals surface area contributed by atoms with Crippen molar-refractivity contribution in [1.82, 2.24) is 0 Å². The lowest BCUT2D eigenvalue weighted by molar-refractivity contribution is -0.130. The number of carbonyl (C=O) groups excluding carboxylic acids is 1. The summed E-state index contributed by atoms with van der Waals surface area (Å²) in [7, 11) is 0. The molecule has 0 heterocycles. The number of Topliss-reactive ketones (excluding diaryl/α,β-unsaturated/α-hetero) is 1. The summed E-state index contributed by atoms with van der Waals surface area (Å²) in [5, 5.41) is 0. The molecule has 2 rings (SSSR count). The van der Waals surface area contributed by atoms with Gasteiger partial charge in [-0.3, -0.25) is 4.79 Å². The molecule has 4 heteroatoms. The van der Waals surface area contributed by atoms with Gasteiger partial charge in [0, 0.05) is 12.3 Å². The van der Waals surface area contributed by atoms with E-state index in [1.54, 1.807) is 0 Å². The van der Waals surface area contributed by atoms with Gasteiger partial charge in [0.25, 0.3) is 0 Å². The van der Waals surface area contributed by atoms with E-state index in [4.69, 9.17) is 27.9 Å². The zero-order valence-corrected chi connectivity index (χ0v) is 10.2. The molecule has 16 heavy (non-hydrogen) atoms. The van der Waals surface area contributed by atoms with Crippen LogP contribution in [0.1, 0.15) is 12.0 Å². The van der Waals surface area contributed by atoms with Gasteiger partial charge in [-0.25, -0.2) is 0 Å². The number of ketones is 1. The summed E-state index contributed by atoms with van der Waals surface area (Å²) in [6.07, 6.45) is 0.418. The van der Waals surface area contributed by atoms with E-state index < -0.39 is 4.33 Å². The van der Waals surface area contributed by atoms with E-state index in [1.165, 1.54) is 0 Å². The number of ether oxygens (including phenoxy) is 1. The second kappa shape index (κ2) is 4.74. The van der Waals surface area contributed by atoms with E-state index in [9.17, 15) is 4.79 Å². The predicted molar refractivity (Wildman–Crippen MR) is 63.6 cm³/mol. The number of alkyl halides is 2. The summed E-state index contributed by atoms with van der Waals surface area (Å²) in [5.41, 5.74) is 1.10. The Bertz CT molecular complexity index is 376. The monoisotopic (exact) mass is 258 g/mol. The topological polar surface area (TPSA) is 26.3 Å². The molecule has 2 nitrogen and oxygen atoms in total. The Morgan fingerprint density at radius 2 is 2.00 bits per heavy atom. The van der Waals surface area contributed by atoms with Gasteiger partial charge >= 0.3 is 0 Å². The van der Waals surface area contributed by atoms with E-state index >= 15 is 0 Å². The number of rotatable bonds is 4. The van der Waals surface area contributed by atoms with Gasteiger partial charge in [0.2, 0.25) is 0 Å². The molecule has 1 aromatic carbocycles. The minimum Gasteiger partial charge on any atom is -0.376 e. The van der Waals surface area contributed by atoms with Gasteiger partial charge in [0.05, 0.1) is 13.2 Å². The number of carbonyl (C=O) groups is 1. The SMILES string of the molecule is O=C1CC(COCc2ccccc2)C1(Cl)Cl. The normalized spacial score (nSPS) is 22.9. The molecule has 1 aliphatic carbocycles. The Morgan fingerprint density at radius 3 is 2.56 bits per heavy atom. The Balaban J connectivity index is 1.76. The van der Waals surface area contributed by atoms with Gasteiger partial charge in [-0.2, -0.15) is 0 Å². The van der Waals surface area contributed by atoms with Crippen LogP contribution in [0.4, 0.5) is 0 Å². The maximum Gasteiger partial charge on any atom is 0.181 e. The van der Waals surface area contributed by atoms with E-state index in [0.717, 1.165) is 5.56 Å². The molecule has 0 spiro atoms. The van der Waals surface area contributed by atoms with Gasteiger partial charge in [0.15, 0.2) is 10.1 Å². The summed E-state index contributed by atoms with van der Waals surface area (Å²) < 4.78 is 4.26. The fourth-order valence-electron chi connectivity index (χ4n) is 1.64. The van der Waals surface area contributed by atoms with Gasteiger partial charge in [-0.15, -0.1) is 0 Å². The van der Waals surface area contributed by atoms with Crippen LogP contribution >= 0.6 is 23.2 Å². The number of benzene rings is 1. The van der Waals surface area contributed by atoms with Crippen LogP contribution < -0.4 is 0 Å². The molecule has 1 unspecified atom stereocenters. The van der Waals surface area contributed by atoms with E-state index in [-0.39, 0.29) is 11.7 Å². The molecular formula is C12H12Cl2O2. The van der Waals surface area contributed by atoms with E-state index in [0.29, 0.717) is 19.6 Å². The Morgan fingerprint density at radius 1 is 1.31 bits per heavy atom. The van der Waals surface area contributed by atoms with Crippen LogP contribution in [0.3, 0.4) is 0 Å². The molecule has 1 aliphatic rings. The zero-order chi connectivity index (χ0) is 11.6. The van der Waals surface area contributed by atoms with Crippen LogP contribution in [0.25, 0.3) is 0 Å². The van der Waals surface area contributed by atoms with E-state index in [2.05, 4.69) is 0 Å². The van der Waals surface area contributed by atoms with Crippen LogP contribution in [-0.2, 0) is 16.1 Å². The third kappa shape index (κ3) is 2.40. The van der Waals surface area contributed by atoms with Crippen molar-refractivity contribution in [2.45, 2.75) is 17.4 Å². The van der Waals surface area contributed by atoms with Crippen molar-refractivity contribution in [2.24, 2.45) is 5.92 Å². The summed E-state index contributed by atoms with van der Waals surface area (Å²) in [6, 6.07) is 9.84. The Labute approximate surface area is 104 Å². The molecular weight excluding hydrogens is 247 g/mol. The molecule has 0 amide bonds. The Kier molecular flexibility index (Phi) is 3.53. The first-order valence-electron chi connectivity index (χ1n) is 5.13. The van der Waals surface area contributed by atoms with Crippen molar-refractivity contribution in [3.8, 4) is 0 Å². The standard InChI is InChI=1S/C12H12Cl2O2/c13-12(14)10(6-11(12)15)8-16-7-9-4-2-1-3-5-9/h1-5,10H,6-8H2. The largest absolute Gasteiger partial charge is 0.376 e. The molecule has 1 aromatic rings. The second-order valence-corrected chi connectivity index (χ2v) is 5.33. The second-order valence-electron chi connectivity index (χ2n) is 3.95. The fourth-order valence-corrected chi connectivity index (χ4v) is 2.08. The van der Waals surface area contributed by atoms with Crippen molar-refractivity contribution in [3.05, 3.63) is 35.9 Å². The van der Waals surface area contributed by atoms with E-state index in [1.807, 2.05) is 30.3 Å². The first-order valence-corrected chi connectivity index (χ1v) is 5.89. The lowest BCUT2D eigenvalue weighted by Crippen LogP contribution is -2.49. The minimum atomic E-state index is -1.23. The molecule has 1 fully saturated rings. The number of halogens is 2.